The highest BCUT2D eigenvalue weighted by Gasteiger charge is 2.39. The minimum atomic E-state index is 0.876. The Morgan fingerprint density at radius 1 is 0.769 bits per heavy atom. The average molecular weight is 182 g/mol. The van der Waals surface area contributed by atoms with Crippen LogP contribution >= 0.6 is 0 Å². The minimum absolute atomic E-state index is 0.876. The predicted molar refractivity (Wildman–Crippen MR) is 59.6 cm³/mol. The van der Waals surface area contributed by atoms with E-state index in [4.69, 9.17) is 0 Å². The average Bonchev–Trinajstić information content (AvgIpc) is 2.29. The third-order valence-electron chi connectivity index (χ3n) is 4.44. The number of rotatable bonds is 2. The molecule has 0 saturated heterocycles. The second-order valence-corrected chi connectivity index (χ2v) is 5.77. The van der Waals surface area contributed by atoms with Gasteiger partial charge >= 0.3 is 0 Å². The maximum atomic E-state index is 2.46. The van der Waals surface area contributed by atoms with Crippen LogP contribution in [0.3, 0.4) is 0 Å². The van der Waals surface area contributed by atoms with E-state index < -0.39 is 0 Å². The molecule has 0 spiro atoms. The van der Waals surface area contributed by atoms with Gasteiger partial charge in [-0.25, -0.2) is 0 Å². The van der Waals surface area contributed by atoms with Gasteiger partial charge in [-0.3, -0.25) is 0 Å². The Kier molecular flexibility index (Phi) is 3.43. The topological polar surface area (TPSA) is 0 Å². The van der Waals surface area contributed by atoms with Crippen molar-refractivity contribution >= 4 is 0 Å². The van der Waals surface area contributed by atoms with Crippen molar-refractivity contribution in [1.82, 2.24) is 0 Å². The first kappa shape index (κ1) is 11.1. The minimum Gasteiger partial charge on any atom is -0.0625 e. The monoisotopic (exact) mass is 182 g/mol. The lowest BCUT2D eigenvalue weighted by atomic mass is 9.83. The van der Waals surface area contributed by atoms with Gasteiger partial charge in [-0.1, -0.05) is 41.5 Å². The van der Waals surface area contributed by atoms with Crippen molar-refractivity contribution in [2.45, 2.75) is 48.0 Å². The van der Waals surface area contributed by atoms with Crippen molar-refractivity contribution in [3.63, 3.8) is 0 Å². The van der Waals surface area contributed by atoms with Gasteiger partial charge in [0.05, 0.1) is 0 Å². The van der Waals surface area contributed by atoms with E-state index in [1.54, 1.807) is 0 Å². The molecule has 0 aromatic heterocycles. The molecule has 0 amide bonds. The predicted octanol–water partition coefficient (Wildman–Crippen LogP) is 4.21. The summed E-state index contributed by atoms with van der Waals surface area (Å²) in [7, 11) is 0. The van der Waals surface area contributed by atoms with Crippen LogP contribution in [0.15, 0.2) is 0 Å². The fraction of sp³-hybridized carbons (Fsp3) is 1.00. The third kappa shape index (κ3) is 2.08. The van der Waals surface area contributed by atoms with Crippen LogP contribution in [0.1, 0.15) is 48.0 Å². The summed E-state index contributed by atoms with van der Waals surface area (Å²) in [6.45, 7) is 14.5. The molecule has 1 aliphatic carbocycles. The first-order valence-corrected chi connectivity index (χ1v) is 5.95. The van der Waals surface area contributed by atoms with E-state index in [1.165, 1.54) is 6.42 Å². The standard InChI is InChI=1S/C13H26/c1-8(2)12-7-13(9(3)4)11(6)10(12)5/h8-13H,7H2,1-6H3. The lowest BCUT2D eigenvalue weighted by molar-refractivity contribution is 0.265. The lowest BCUT2D eigenvalue weighted by Gasteiger charge is -2.22. The summed E-state index contributed by atoms with van der Waals surface area (Å²) in [5.74, 6) is 5.58. The summed E-state index contributed by atoms with van der Waals surface area (Å²) >= 11 is 0. The van der Waals surface area contributed by atoms with Crippen LogP contribution in [-0.4, -0.2) is 0 Å². The van der Waals surface area contributed by atoms with E-state index in [0.717, 1.165) is 35.5 Å². The molecular weight excluding hydrogens is 156 g/mol. The van der Waals surface area contributed by atoms with Crippen LogP contribution in [0.2, 0.25) is 0 Å². The molecule has 1 rings (SSSR count). The van der Waals surface area contributed by atoms with E-state index in [-0.39, 0.29) is 0 Å². The van der Waals surface area contributed by atoms with Gasteiger partial charge in [0.25, 0.3) is 0 Å². The van der Waals surface area contributed by atoms with Crippen LogP contribution < -0.4 is 0 Å². The number of hydrogen-bond acceptors (Lipinski definition) is 0. The van der Waals surface area contributed by atoms with Crippen molar-refractivity contribution < 1.29 is 0 Å². The van der Waals surface area contributed by atoms with Crippen LogP contribution in [0, 0.1) is 35.5 Å². The zero-order valence-electron chi connectivity index (χ0n) is 10.2. The summed E-state index contributed by atoms with van der Waals surface area (Å²) in [6.07, 6.45) is 1.47. The van der Waals surface area contributed by atoms with Gasteiger partial charge in [0.15, 0.2) is 0 Å². The molecule has 0 aromatic rings. The first-order valence-electron chi connectivity index (χ1n) is 5.95. The Hall–Kier alpha value is 0. The fourth-order valence-electron chi connectivity index (χ4n) is 3.28. The van der Waals surface area contributed by atoms with Gasteiger partial charge in [0.2, 0.25) is 0 Å². The Labute approximate surface area is 84.1 Å². The van der Waals surface area contributed by atoms with Crippen LogP contribution in [0.25, 0.3) is 0 Å². The maximum Gasteiger partial charge on any atom is -0.0360 e. The van der Waals surface area contributed by atoms with Crippen molar-refractivity contribution in [2.75, 3.05) is 0 Å². The second kappa shape index (κ2) is 4.02. The molecule has 0 bridgehead atoms. The molecule has 4 atom stereocenters. The third-order valence-corrected chi connectivity index (χ3v) is 4.44. The fourth-order valence-corrected chi connectivity index (χ4v) is 3.28. The molecule has 0 N–H and O–H groups in total. The highest BCUT2D eigenvalue weighted by Crippen LogP contribution is 2.47. The molecule has 0 heterocycles. The van der Waals surface area contributed by atoms with E-state index in [2.05, 4.69) is 41.5 Å². The molecule has 1 aliphatic rings. The van der Waals surface area contributed by atoms with Crippen LogP contribution in [0.4, 0.5) is 0 Å². The van der Waals surface area contributed by atoms with E-state index in [1.807, 2.05) is 0 Å². The van der Waals surface area contributed by atoms with E-state index in [0.29, 0.717) is 0 Å². The zero-order valence-corrected chi connectivity index (χ0v) is 10.2. The van der Waals surface area contributed by atoms with Crippen molar-refractivity contribution in [2.24, 2.45) is 35.5 Å². The molecule has 0 nitrogen and oxygen atoms in total. The molecule has 0 aliphatic heterocycles. The van der Waals surface area contributed by atoms with Gasteiger partial charge in [-0.2, -0.15) is 0 Å². The zero-order chi connectivity index (χ0) is 10.2. The van der Waals surface area contributed by atoms with Gasteiger partial charge < -0.3 is 0 Å². The van der Waals surface area contributed by atoms with Crippen molar-refractivity contribution in [1.29, 1.82) is 0 Å². The Balaban J connectivity index is 2.66. The smallest absolute Gasteiger partial charge is 0.0360 e. The lowest BCUT2D eigenvalue weighted by Crippen LogP contribution is -2.16. The van der Waals surface area contributed by atoms with Gasteiger partial charge in [-0.05, 0) is 41.9 Å². The largest absolute Gasteiger partial charge is 0.0625 e. The van der Waals surface area contributed by atoms with Gasteiger partial charge in [-0.15, -0.1) is 0 Å². The highest BCUT2D eigenvalue weighted by molar-refractivity contribution is 4.88. The van der Waals surface area contributed by atoms with E-state index >= 15 is 0 Å². The van der Waals surface area contributed by atoms with Gasteiger partial charge in [0, 0.05) is 0 Å². The maximum absolute atomic E-state index is 2.46. The van der Waals surface area contributed by atoms with Crippen LogP contribution in [-0.2, 0) is 0 Å². The molecular formula is C13H26. The second-order valence-electron chi connectivity index (χ2n) is 5.77. The Morgan fingerprint density at radius 2 is 1.08 bits per heavy atom. The van der Waals surface area contributed by atoms with Crippen molar-refractivity contribution in [3.8, 4) is 0 Å². The molecule has 0 radical (unpaired) electrons. The highest BCUT2D eigenvalue weighted by atomic mass is 14.4. The molecule has 4 unspecified atom stereocenters. The summed E-state index contributed by atoms with van der Waals surface area (Å²) in [5, 5.41) is 0. The molecule has 78 valence electrons. The molecule has 13 heavy (non-hydrogen) atoms. The Morgan fingerprint density at radius 3 is 1.23 bits per heavy atom. The summed E-state index contributed by atoms with van der Waals surface area (Å²) < 4.78 is 0. The SMILES string of the molecule is CC(C)C1CC(C(C)C)C(C)C1C. The Bertz CT molecular complexity index is 139. The summed E-state index contributed by atoms with van der Waals surface area (Å²) in [6, 6.07) is 0. The summed E-state index contributed by atoms with van der Waals surface area (Å²) in [4.78, 5) is 0. The van der Waals surface area contributed by atoms with Gasteiger partial charge in [0.1, 0.15) is 0 Å². The quantitative estimate of drug-likeness (QED) is 0.600. The van der Waals surface area contributed by atoms with E-state index in [9.17, 15) is 0 Å². The molecule has 0 heteroatoms. The molecule has 1 saturated carbocycles. The normalized spacial score (nSPS) is 40.6. The molecule has 1 fully saturated rings. The van der Waals surface area contributed by atoms with Crippen molar-refractivity contribution in [3.05, 3.63) is 0 Å². The molecule has 0 aromatic carbocycles. The first-order chi connectivity index (χ1) is 5.95. The summed E-state index contributed by atoms with van der Waals surface area (Å²) in [5.41, 5.74) is 0. The van der Waals surface area contributed by atoms with Crippen LogP contribution in [0.5, 0.6) is 0 Å². The number of hydrogen-bond donors (Lipinski definition) is 0.